The van der Waals surface area contributed by atoms with E-state index in [2.05, 4.69) is 75.6 Å². The fourth-order valence-electron chi connectivity index (χ4n) is 9.09. The quantitative estimate of drug-likeness (QED) is 0.0553. The van der Waals surface area contributed by atoms with Gasteiger partial charge in [-0.25, -0.2) is 9.59 Å². The minimum Gasteiger partial charge on any atom is -0.493 e. The first-order valence-corrected chi connectivity index (χ1v) is 23.2. The number of aryl methyl sites for hydroxylation is 3. The van der Waals surface area contributed by atoms with Crippen molar-refractivity contribution in [2.24, 2.45) is 23.2 Å². The van der Waals surface area contributed by atoms with Crippen LogP contribution < -0.4 is 4.74 Å². The predicted molar refractivity (Wildman–Crippen MR) is 246 cm³/mol. The molecule has 0 aliphatic heterocycles. The van der Waals surface area contributed by atoms with Gasteiger partial charge < -0.3 is 24.4 Å². The Morgan fingerprint density at radius 1 is 0.750 bits per heavy atom. The fraction of sp³-hybridized carbons (Fsp3) is 0.585. The van der Waals surface area contributed by atoms with Crippen LogP contribution in [0.4, 0.5) is 0 Å². The number of hydrogen-bond acceptors (Lipinski definition) is 7. The second-order valence-corrected chi connectivity index (χ2v) is 17.7. The van der Waals surface area contributed by atoms with E-state index in [-0.39, 0.29) is 26.4 Å². The SMILES string of the molecule is C=C(C)C(=O)OCCCc1cc(-c2ccc(C3=CCC(C4CCC(CCCCC)CC4)C=C3)c(CC)c2)cc(CCCOC(=O)C(=C)C)c1OCCC(CO)(CO)CCC. The zero-order valence-electron chi connectivity index (χ0n) is 37.8. The van der Waals surface area contributed by atoms with Gasteiger partial charge in [0.05, 0.1) is 33.0 Å². The van der Waals surface area contributed by atoms with Crippen LogP contribution in [0.5, 0.6) is 5.75 Å². The molecule has 2 aliphatic rings. The van der Waals surface area contributed by atoms with Gasteiger partial charge in [0.25, 0.3) is 0 Å². The number of aliphatic hydroxyl groups excluding tert-OH is 2. The average Bonchev–Trinajstić information content (AvgIpc) is 3.26. The van der Waals surface area contributed by atoms with Crippen LogP contribution in [0.3, 0.4) is 0 Å². The Labute approximate surface area is 362 Å². The molecule has 7 nitrogen and oxygen atoms in total. The third-order valence-electron chi connectivity index (χ3n) is 12.9. The number of ether oxygens (including phenoxy) is 3. The highest BCUT2D eigenvalue weighted by Gasteiger charge is 2.29. The Bertz CT molecular complexity index is 1720. The summed E-state index contributed by atoms with van der Waals surface area (Å²) in [4.78, 5) is 24.4. The molecule has 0 spiro atoms. The van der Waals surface area contributed by atoms with Gasteiger partial charge in [-0.05, 0) is 147 Å². The molecule has 7 heteroatoms. The van der Waals surface area contributed by atoms with Crippen LogP contribution in [0.1, 0.15) is 147 Å². The van der Waals surface area contributed by atoms with Crippen molar-refractivity contribution >= 4 is 17.5 Å². The number of carbonyl (C=O) groups excluding carboxylic acids is 2. The molecule has 1 saturated carbocycles. The maximum atomic E-state index is 12.2. The van der Waals surface area contributed by atoms with Crippen LogP contribution in [0.15, 0.2) is 72.9 Å². The molecule has 0 saturated heterocycles. The summed E-state index contributed by atoms with van der Waals surface area (Å²) >= 11 is 0. The van der Waals surface area contributed by atoms with Crippen LogP contribution in [0, 0.1) is 23.2 Å². The first-order valence-electron chi connectivity index (χ1n) is 23.2. The molecule has 0 radical (unpaired) electrons. The van der Waals surface area contributed by atoms with E-state index < -0.39 is 17.4 Å². The molecule has 1 atom stereocenters. The lowest BCUT2D eigenvalue weighted by atomic mass is 9.72. The lowest BCUT2D eigenvalue weighted by Crippen LogP contribution is -2.31. The molecule has 2 aromatic carbocycles. The van der Waals surface area contributed by atoms with E-state index in [4.69, 9.17) is 14.2 Å². The molecule has 0 aromatic heterocycles. The summed E-state index contributed by atoms with van der Waals surface area (Å²) in [7, 11) is 0. The molecule has 1 fully saturated rings. The van der Waals surface area contributed by atoms with Crippen LogP contribution in [0.25, 0.3) is 16.7 Å². The number of carbonyl (C=O) groups is 2. The van der Waals surface area contributed by atoms with E-state index in [1.807, 2.05) is 6.92 Å². The highest BCUT2D eigenvalue weighted by molar-refractivity contribution is 5.87. The minimum absolute atomic E-state index is 0.120. The van der Waals surface area contributed by atoms with Crippen molar-refractivity contribution in [1.82, 2.24) is 0 Å². The van der Waals surface area contributed by atoms with E-state index in [1.165, 1.54) is 68.1 Å². The third-order valence-corrected chi connectivity index (χ3v) is 12.9. The largest absolute Gasteiger partial charge is 0.493 e. The summed E-state index contributed by atoms with van der Waals surface area (Å²) in [6.45, 7) is 17.8. The van der Waals surface area contributed by atoms with Crippen molar-refractivity contribution in [2.75, 3.05) is 33.0 Å². The summed E-state index contributed by atoms with van der Waals surface area (Å²) in [5.41, 5.74) is 8.16. The second kappa shape index (κ2) is 25.1. The van der Waals surface area contributed by atoms with Crippen molar-refractivity contribution in [3.8, 4) is 16.9 Å². The Kier molecular flexibility index (Phi) is 20.4. The third kappa shape index (κ3) is 14.3. The van der Waals surface area contributed by atoms with Crippen molar-refractivity contribution in [3.05, 3.63) is 95.1 Å². The molecule has 0 amide bonds. The van der Waals surface area contributed by atoms with Crippen molar-refractivity contribution < 1.29 is 34.0 Å². The van der Waals surface area contributed by atoms with Gasteiger partial charge in [0.15, 0.2) is 0 Å². The minimum atomic E-state index is -0.627. The molecule has 2 aromatic rings. The monoisotopic (exact) mass is 825 g/mol. The van der Waals surface area contributed by atoms with Crippen LogP contribution in [-0.4, -0.2) is 55.2 Å². The molecule has 2 N–H and O–H groups in total. The zero-order chi connectivity index (χ0) is 43.5. The summed E-state index contributed by atoms with van der Waals surface area (Å²) in [5, 5.41) is 20.5. The number of rotatable bonds is 26. The summed E-state index contributed by atoms with van der Waals surface area (Å²) in [6, 6.07) is 11.2. The van der Waals surface area contributed by atoms with Gasteiger partial charge in [-0.1, -0.05) is 115 Å². The van der Waals surface area contributed by atoms with Gasteiger partial charge in [-0.3, -0.25) is 0 Å². The topological polar surface area (TPSA) is 102 Å². The molecular formula is C53H76O7. The molecule has 4 rings (SSSR count). The number of esters is 2. The summed E-state index contributed by atoms with van der Waals surface area (Å²) in [5.74, 6) is 2.30. The standard InChI is InChI=1S/C53H76O7/c1-8-11-12-15-40-18-20-42(21-19-40)43-22-24-44(25-23-43)49-27-26-45(33-41(49)10-3)48-34-46(16-13-30-59-51(56)38(4)5)50(58-32-29-53(36-54,37-55)28-9-2)47(35-48)17-14-31-60-52(57)39(6)7/h22,24-27,33-35,40,42-43,54-55H,4,6,8-21,23,28-32,36-37H2,1-3,5,7H3. The molecular weight excluding hydrogens is 749 g/mol. The smallest absolute Gasteiger partial charge is 0.333 e. The lowest BCUT2D eigenvalue weighted by molar-refractivity contribution is -0.139. The van der Waals surface area contributed by atoms with Crippen molar-refractivity contribution in [2.45, 2.75) is 144 Å². The van der Waals surface area contributed by atoms with Crippen LogP contribution >= 0.6 is 0 Å². The highest BCUT2D eigenvalue weighted by atomic mass is 16.5. The molecule has 60 heavy (non-hydrogen) atoms. The van der Waals surface area contributed by atoms with E-state index in [0.29, 0.717) is 62.2 Å². The fourth-order valence-corrected chi connectivity index (χ4v) is 9.09. The maximum absolute atomic E-state index is 12.2. The van der Waals surface area contributed by atoms with E-state index in [1.54, 1.807) is 13.8 Å². The predicted octanol–water partition coefficient (Wildman–Crippen LogP) is 11.9. The maximum Gasteiger partial charge on any atom is 0.333 e. The Hall–Kier alpha value is -3.94. The van der Waals surface area contributed by atoms with E-state index in [9.17, 15) is 19.8 Å². The number of benzene rings is 2. The van der Waals surface area contributed by atoms with E-state index in [0.717, 1.165) is 59.1 Å². The Morgan fingerprint density at radius 3 is 1.88 bits per heavy atom. The first-order chi connectivity index (χ1) is 29.0. The molecule has 1 unspecified atom stereocenters. The lowest BCUT2D eigenvalue weighted by Gasteiger charge is -2.33. The Balaban J connectivity index is 1.61. The Morgan fingerprint density at radius 2 is 1.37 bits per heavy atom. The first kappa shape index (κ1) is 48.7. The highest BCUT2D eigenvalue weighted by Crippen LogP contribution is 2.41. The molecule has 330 valence electrons. The zero-order valence-corrected chi connectivity index (χ0v) is 37.8. The van der Waals surface area contributed by atoms with Gasteiger partial charge in [-0.15, -0.1) is 0 Å². The van der Waals surface area contributed by atoms with Gasteiger partial charge in [0, 0.05) is 16.6 Å². The molecule has 0 heterocycles. The van der Waals surface area contributed by atoms with Crippen LogP contribution in [-0.2, 0) is 38.3 Å². The van der Waals surface area contributed by atoms with Gasteiger partial charge >= 0.3 is 11.9 Å². The normalized spacial score (nSPS) is 17.9. The summed E-state index contributed by atoms with van der Waals surface area (Å²) < 4.78 is 17.6. The summed E-state index contributed by atoms with van der Waals surface area (Å²) in [6.07, 6.45) is 24.7. The molecule has 2 aliphatic carbocycles. The van der Waals surface area contributed by atoms with Crippen molar-refractivity contribution in [1.29, 1.82) is 0 Å². The number of hydrogen-bond donors (Lipinski definition) is 2. The number of unbranched alkanes of at least 4 members (excludes halogenated alkanes) is 2. The second-order valence-electron chi connectivity index (χ2n) is 17.7. The van der Waals surface area contributed by atoms with Crippen LogP contribution in [0.2, 0.25) is 0 Å². The van der Waals surface area contributed by atoms with Crippen molar-refractivity contribution in [3.63, 3.8) is 0 Å². The van der Waals surface area contributed by atoms with Gasteiger partial charge in [0.2, 0.25) is 0 Å². The number of allylic oxidation sites excluding steroid dienone is 4. The number of aliphatic hydroxyl groups is 2. The average molecular weight is 825 g/mol. The van der Waals surface area contributed by atoms with Gasteiger partial charge in [-0.2, -0.15) is 0 Å². The molecule has 0 bridgehead atoms. The van der Waals surface area contributed by atoms with Gasteiger partial charge in [0.1, 0.15) is 5.75 Å². The van der Waals surface area contributed by atoms with E-state index >= 15 is 0 Å².